The van der Waals surface area contributed by atoms with Crippen molar-refractivity contribution in [1.82, 2.24) is 9.55 Å². The van der Waals surface area contributed by atoms with Crippen molar-refractivity contribution >= 4 is 15.5 Å². The van der Waals surface area contributed by atoms with Gasteiger partial charge in [-0.25, -0.2) is 13.4 Å². The SMILES string of the molecule is O=S1(=O)CCCC(Nc2ccccc2-n2ccnc2)C1. The maximum atomic E-state index is 11.7. The van der Waals surface area contributed by atoms with Crippen LogP contribution in [0.5, 0.6) is 0 Å². The first kappa shape index (κ1) is 13.2. The molecule has 1 saturated heterocycles. The zero-order valence-corrected chi connectivity index (χ0v) is 11.9. The molecule has 1 atom stereocenters. The second-order valence-electron chi connectivity index (χ2n) is 5.08. The molecule has 0 radical (unpaired) electrons. The van der Waals surface area contributed by atoms with E-state index in [-0.39, 0.29) is 11.8 Å². The summed E-state index contributed by atoms with van der Waals surface area (Å²) in [5.41, 5.74) is 1.92. The molecule has 1 N–H and O–H groups in total. The second-order valence-corrected chi connectivity index (χ2v) is 7.31. The first-order chi connectivity index (χ1) is 9.64. The van der Waals surface area contributed by atoms with Crippen LogP contribution in [0.3, 0.4) is 0 Å². The van der Waals surface area contributed by atoms with Gasteiger partial charge < -0.3 is 9.88 Å². The highest BCUT2D eigenvalue weighted by Crippen LogP contribution is 2.23. The highest BCUT2D eigenvalue weighted by molar-refractivity contribution is 7.91. The number of rotatable bonds is 3. The Kier molecular flexibility index (Phi) is 3.48. The Hall–Kier alpha value is -1.82. The van der Waals surface area contributed by atoms with Crippen molar-refractivity contribution in [2.75, 3.05) is 16.8 Å². The molecule has 1 aromatic carbocycles. The molecule has 3 rings (SSSR count). The second kappa shape index (κ2) is 5.28. The van der Waals surface area contributed by atoms with Gasteiger partial charge in [-0.3, -0.25) is 0 Å². The third kappa shape index (κ3) is 2.85. The van der Waals surface area contributed by atoms with Crippen LogP contribution >= 0.6 is 0 Å². The average Bonchev–Trinajstić information content (AvgIpc) is 2.92. The van der Waals surface area contributed by atoms with E-state index in [4.69, 9.17) is 0 Å². The van der Waals surface area contributed by atoms with E-state index >= 15 is 0 Å². The smallest absolute Gasteiger partial charge is 0.152 e. The molecule has 0 aliphatic carbocycles. The van der Waals surface area contributed by atoms with Crippen molar-refractivity contribution in [3.05, 3.63) is 43.0 Å². The fourth-order valence-electron chi connectivity index (χ4n) is 2.58. The Morgan fingerprint density at radius 1 is 1.30 bits per heavy atom. The monoisotopic (exact) mass is 291 g/mol. The van der Waals surface area contributed by atoms with Gasteiger partial charge in [0.25, 0.3) is 0 Å². The molecule has 1 aliphatic rings. The van der Waals surface area contributed by atoms with Gasteiger partial charge in [0.1, 0.15) is 0 Å². The van der Waals surface area contributed by atoms with Gasteiger partial charge in [-0.05, 0) is 25.0 Å². The minimum atomic E-state index is -2.90. The molecular weight excluding hydrogens is 274 g/mol. The molecule has 1 fully saturated rings. The van der Waals surface area contributed by atoms with Gasteiger partial charge in [-0.15, -0.1) is 0 Å². The lowest BCUT2D eigenvalue weighted by Gasteiger charge is -2.25. The van der Waals surface area contributed by atoms with Crippen LogP contribution in [-0.4, -0.2) is 35.5 Å². The van der Waals surface area contributed by atoms with Crippen LogP contribution in [0, 0.1) is 0 Å². The summed E-state index contributed by atoms with van der Waals surface area (Å²) in [6.45, 7) is 0. The van der Waals surface area contributed by atoms with Crippen LogP contribution in [0.15, 0.2) is 43.0 Å². The quantitative estimate of drug-likeness (QED) is 0.937. The number of nitrogens with one attached hydrogen (secondary N) is 1. The average molecular weight is 291 g/mol. The van der Waals surface area contributed by atoms with E-state index < -0.39 is 9.84 Å². The largest absolute Gasteiger partial charge is 0.380 e. The highest BCUT2D eigenvalue weighted by Gasteiger charge is 2.25. The molecular formula is C14H17N3O2S. The zero-order valence-electron chi connectivity index (χ0n) is 11.1. The molecule has 0 amide bonds. The van der Waals surface area contributed by atoms with Crippen LogP contribution in [-0.2, 0) is 9.84 Å². The lowest BCUT2D eigenvalue weighted by Crippen LogP contribution is -2.35. The molecule has 20 heavy (non-hydrogen) atoms. The Balaban J connectivity index is 1.85. The first-order valence-electron chi connectivity index (χ1n) is 6.68. The van der Waals surface area contributed by atoms with Crippen LogP contribution in [0.25, 0.3) is 5.69 Å². The summed E-state index contributed by atoms with van der Waals surface area (Å²) in [5, 5.41) is 3.37. The van der Waals surface area contributed by atoms with Crippen molar-refractivity contribution in [1.29, 1.82) is 0 Å². The summed E-state index contributed by atoms with van der Waals surface area (Å²) >= 11 is 0. The maximum Gasteiger partial charge on any atom is 0.152 e. The van der Waals surface area contributed by atoms with E-state index in [9.17, 15) is 8.42 Å². The third-order valence-electron chi connectivity index (χ3n) is 3.51. The number of hydrogen-bond donors (Lipinski definition) is 1. The number of hydrogen-bond acceptors (Lipinski definition) is 4. The number of aromatic nitrogens is 2. The van der Waals surface area contributed by atoms with Gasteiger partial charge in [0.05, 0.1) is 29.2 Å². The summed E-state index contributed by atoms with van der Waals surface area (Å²) in [5.74, 6) is 0.527. The summed E-state index contributed by atoms with van der Waals surface area (Å²) < 4.78 is 25.3. The molecule has 6 heteroatoms. The molecule has 2 aromatic rings. The van der Waals surface area contributed by atoms with Gasteiger partial charge in [0.2, 0.25) is 0 Å². The van der Waals surface area contributed by atoms with Crippen molar-refractivity contribution in [3.63, 3.8) is 0 Å². The van der Waals surface area contributed by atoms with E-state index in [1.54, 1.807) is 12.5 Å². The van der Waals surface area contributed by atoms with E-state index in [1.807, 2.05) is 35.0 Å². The predicted octanol–water partition coefficient (Wildman–Crippen LogP) is 1.86. The fourth-order valence-corrected chi connectivity index (χ4v) is 4.22. The predicted molar refractivity (Wildman–Crippen MR) is 78.9 cm³/mol. The van der Waals surface area contributed by atoms with Crippen LogP contribution in [0.4, 0.5) is 5.69 Å². The van der Waals surface area contributed by atoms with Crippen molar-refractivity contribution < 1.29 is 8.42 Å². The van der Waals surface area contributed by atoms with Crippen LogP contribution in [0.2, 0.25) is 0 Å². The third-order valence-corrected chi connectivity index (χ3v) is 5.33. The van der Waals surface area contributed by atoms with Gasteiger partial charge in [0.15, 0.2) is 9.84 Å². The minimum absolute atomic E-state index is 0.0154. The Labute approximate surface area is 118 Å². The molecule has 1 aliphatic heterocycles. The first-order valence-corrected chi connectivity index (χ1v) is 8.50. The molecule has 0 spiro atoms. The van der Waals surface area contributed by atoms with Gasteiger partial charge >= 0.3 is 0 Å². The topological polar surface area (TPSA) is 64.0 Å². The number of anilines is 1. The number of sulfone groups is 1. The van der Waals surface area contributed by atoms with E-state index in [1.165, 1.54) is 0 Å². The number of imidazole rings is 1. The summed E-state index contributed by atoms with van der Waals surface area (Å²) in [6.07, 6.45) is 6.95. The summed E-state index contributed by atoms with van der Waals surface area (Å²) in [4.78, 5) is 4.05. The lowest BCUT2D eigenvalue weighted by atomic mass is 10.1. The number of nitrogens with zero attached hydrogens (tertiary/aromatic N) is 2. The molecule has 1 aromatic heterocycles. The fraction of sp³-hybridized carbons (Fsp3) is 0.357. The van der Waals surface area contributed by atoms with Crippen molar-refractivity contribution in [2.45, 2.75) is 18.9 Å². The maximum absolute atomic E-state index is 11.7. The Morgan fingerprint density at radius 3 is 2.90 bits per heavy atom. The summed E-state index contributed by atoms with van der Waals surface area (Å²) in [6, 6.07) is 7.84. The van der Waals surface area contributed by atoms with E-state index in [2.05, 4.69) is 10.3 Å². The molecule has 2 heterocycles. The van der Waals surface area contributed by atoms with Gasteiger partial charge in [-0.1, -0.05) is 12.1 Å². The molecule has 1 unspecified atom stereocenters. The molecule has 106 valence electrons. The zero-order chi connectivity index (χ0) is 14.0. The van der Waals surface area contributed by atoms with Gasteiger partial charge in [-0.2, -0.15) is 0 Å². The van der Waals surface area contributed by atoms with E-state index in [0.717, 1.165) is 24.2 Å². The van der Waals surface area contributed by atoms with Gasteiger partial charge in [0, 0.05) is 18.4 Å². The summed E-state index contributed by atoms with van der Waals surface area (Å²) in [7, 11) is -2.90. The van der Waals surface area contributed by atoms with Crippen molar-refractivity contribution in [3.8, 4) is 5.69 Å². The normalized spacial score (nSPS) is 21.5. The molecule has 0 bridgehead atoms. The van der Waals surface area contributed by atoms with Crippen molar-refractivity contribution in [2.24, 2.45) is 0 Å². The van der Waals surface area contributed by atoms with E-state index in [0.29, 0.717) is 5.75 Å². The Bertz CT molecular complexity index is 680. The number of benzene rings is 1. The molecule has 0 saturated carbocycles. The lowest BCUT2D eigenvalue weighted by molar-refractivity contribution is 0.562. The highest BCUT2D eigenvalue weighted by atomic mass is 32.2. The minimum Gasteiger partial charge on any atom is -0.380 e. The number of para-hydroxylation sites is 2. The molecule has 5 nitrogen and oxygen atoms in total. The standard InChI is InChI=1S/C14H17N3O2S/c18-20(19)9-3-4-12(10-20)16-13-5-1-2-6-14(13)17-8-7-15-11-17/h1-2,5-8,11-12,16H,3-4,9-10H2. The Morgan fingerprint density at radius 2 is 2.15 bits per heavy atom. The van der Waals surface area contributed by atoms with Crippen LogP contribution in [0.1, 0.15) is 12.8 Å². The van der Waals surface area contributed by atoms with Crippen LogP contribution < -0.4 is 5.32 Å².